The number of pyridine rings is 1. The summed E-state index contributed by atoms with van der Waals surface area (Å²) in [5.74, 6) is 0.880. The first-order valence-corrected chi connectivity index (χ1v) is 8.41. The zero-order valence-corrected chi connectivity index (χ0v) is 13.7. The van der Waals surface area contributed by atoms with Gasteiger partial charge < -0.3 is 9.47 Å². The van der Waals surface area contributed by atoms with Crippen molar-refractivity contribution in [1.29, 1.82) is 0 Å². The Kier molecular flexibility index (Phi) is 3.12. The number of carbonyl (C=O) groups excluding carboxylic acids is 1. The fourth-order valence-corrected chi connectivity index (χ4v) is 4.23. The highest BCUT2D eigenvalue weighted by atomic mass is 16.2. The lowest BCUT2D eigenvalue weighted by molar-refractivity contribution is -0.131. The smallest absolute Gasteiger partial charge is 0.242 e. The molecule has 2 atom stereocenters. The Labute approximate surface area is 135 Å². The van der Waals surface area contributed by atoms with Gasteiger partial charge in [0, 0.05) is 30.2 Å². The molecule has 1 amide bonds. The van der Waals surface area contributed by atoms with Crippen LogP contribution in [0.1, 0.15) is 25.5 Å². The van der Waals surface area contributed by atoms with E-state index in [4.69, 9.17) is 0 Å². The molecule has 0 N–H and O–H groups in total. The summed E-state index contributed by atoms with van der Waals surface area (Å²) in [6.45, 7) is 6.26. The number of fused-ring (bicyclic) bond motifs is 2. The first-order chi connectivity index (χ1) is 11.0. The molecular formula is C19H22N2O2. The van der Waals surface area contributed by atoms with Crippen LogP contribution in [0.3, 0.4) is 0 Å². The summed E-state index contributed by atoms with van der Waals surface area (Å²) in [6, 6.07) is 9.16. The fraction of sp³-hybridized carbons (Fsp3) is 0.474. The quantitative estimate of drug-likeness (QED) is 0.874. The van der Waals surface area contributed by atoms with Crippen molar-refractivity contribution < 1.29 is 4.79 Å². The molecule has 4 heteroatoms. The first kappa shape index (κ1) is 14.5. The molecule has 2 unspecified atom stereocenters. The van der Waals surface area contributed by atoms with Crippen LogP contribution in [0.4, 0.5) is 0 Å². The fourth-order valence-electron chi connectivity index (χ4n) is 4.23. The number of amides is 1. The minimum absolute atomic E-state index is 0.0224. The monoisotopic (exact) mass is 310 g/mol. The molecule has 1 aliphatic carbocycles. The second-order valence-electron chi connectivity index (χ2n) is 7.14. The predicted molar refractivity (Wildman–Crippen MR) is 90.4 cm³/mol. The molecular weight excluding hydrogens is 288 g/mol. The Morgan fingerprint density at radius 2 is 2.13 bits per heavy atom. The Morgan fingerprint density at radius 1 is 1.35 bits per heavy atom. The van der Waals surface area contributed by atoms with E-state index in [1.54, 1.807) is 6.07 Å². The molecule has 2 fully saturated rings. The van der Waals surface area contributed by atoms with Crippen molar-refractivity contribution in [2.24, 2.45) is 11.3 Å². The third-order valence-electron chi connectivity index (χ3n) is 5.88. The number of carbonyl (C=O) groups is 1. The number of benzene rings is 1. The van der Waals surface area contributed by atoms with Crippen molar-refractivity contribution >= 4 is 16.8 Å². The molecule has 1 aliphatic heterocycles. The molecule has 120 valence electrons. The molecule has 2 heterocycles. The van der Waals surface area contributed by atoms with Crippen LogP contribution in [-0.2, 0) is 11.3 Å². The van der Waals surface area contributed by atoms with Gasteiger partial charge in [0.05, 0.1) is 5.52 Å². The van der Waals surface area contributed by atoms with Gasteiger partial charge in [-0.15, -0.1) is 0 Å². The topological polar surface area (TPSA) is 42.3 Å². The number of hydrogen-bond donors (Lipinski definition) is 0. The number of piperidine rings is 1. The summed E-state index contributed by atoms with van der Waals surface area (Å²) in [6.07, 6.45) is 2.45. The number of nitrogens with zero attached hydrogens (tertiary/aromatic N) is 2. The number of aromatic nitrogens is 1. The molecule has 4 nitrogen and oxygen atoms in total. The third-order valence-corrected chi connectivity index (χ3v) is 5.88. The zero-order chi connectivity index (χ0) is 16.2. The van der Waals surface area contributed by atoms with E-state index in [1.807, 2.05) is 40.7 Å². The van der Waals surface area contributed by atoms with Gasteiger partial charge in [-0.2, -0.15) is 0 Å². The van der Waals surface area contributed by atoms with Gasteiger partial charge in [-0.3, -0.25) is 9.59 Å². The Balaban J connectivity index is 1.63. The number of hydrogen-bond acceptors (Lipinski definition) is 2. The Bertz CT molecular complexity index is 850. The summed E-state index contributed by atoms with van der Waals surface area (Å²) < 4.78 is 1.97. The first-order valence-electron chi connectivity index (χ1n) is 8.41. The number of aryl methyl sites for hydroxylation is 1. The van der Waals surface area contributed by atoms with Gasteiger partial charge in [0.2, 0.25) is 5.91 Å². The van der Waals surface area contributed by atoms with Crippen LogP contribution in [-0.4, -0.2) is 28.5 Å². The van der Waals surface area contributed by atoms with E-state index < -0.39 is 0 Å². The van der Waals surface area contributed by atoms with Gasteiger partial charge in [-0.1, -0.05) is 19.1 Å². The van der Waals surface area contributed by atoms with Crippen LogP contribution in [0.15, 0.2) is 35.1 Å². The number of likely N-dealkylation sites (tertiary alicyclic amines) is 1. The van der Waals surface area contributed by atoms with Crippen molar-refractivity contribution in [2.45, 2.75) is 33.2 Å². The van der Waals surface area contributed by atoms with Gasteiger partial charge in [0.25, 0.3) is 0 Å². The van der Waals surface area contributed by atoms with E-state index in [9.17, 15) is 9.59 Å². The van der Waals surface area contributed by atoms with Gasteiger partial charge in [0.15, 0.2) is 5.43 Å². The lowest BCUT2D eigenvalue weighted by Gasteiger charge is -2.22. The van der Waals surface area contributed by atoms with Gasteiger partial charge >= 0.3 is 0 Å². The highest BCUT2D eigenvalue weighted by Crippen LogP contribution is 2.59. The summed E-state index contributed by atoms with van der Waals surface area (Å²) >= 11 is 0. The SMILES string of the molecule is CCC12CC1CN(C(=O)Cn1c(C)cc(=O)c3ccccc31)C2. The minimum atomic E-state index is 0.0224. The second-order valence-corrected chi connectivity index (χ2v) is 7.14. The second kappa shape index (κ2) is 4.95. The standard InChI is InChI=1S/C19H22N2O2/c1-3-19-9-14(19)10-20(12-19)18(23)11-21-13(2)8-17(22)15-6-4-5-7-16(15)21/h4-8,14H,3,9-12H2,1-2H3. The summed E-state index contributed by atoms with van der Waals surface area (Å²) in [5, 5.41) is 0.681. The molecule has 23 heavy (non-hydrogen) atoms. The van der Waals surface area contributed by atoms with Gasteiger partial charge in [0.1, 0.15) is 6.54 Å². The summed E-state index contributed by atoms with van der Waals surface area (Å²) in [5.41, 5.74) is 2.13. The van der Waals surface area contributed by atoms with Gasteiger partial charge in [-0.25, -0.2) is 0 Å². The van der Waals surface area contributed by atoms with Crippen molar-refractivity contribution in [2.75, 3.05) is 13.1 Å². The highest BCUT2D eigenvalue weighted by Gasteiger charge is 2.59. The van der Waals surface area contributed by atoms with Crippen molar-refractivity contribution in [1.82, 2.24) is 9.47 Å². The van der Waals surface area contributed by atoms with E-state index in [-0.39, 0.29) is 11.3 Å². The normalized spacial score (nSPS) is 25.7. The molecule has 2 aromatic rings. The number of para-hydroxylation sites is 1. The average Bonchev–Trinajstić information content (AvgIpc) is 3.12. The van der Waals surface area contributed by atoms with Crippen LogP contribution in [0.25, 0.3) is 10.9 Å². The molecule has 2 aliphatic rings. The molecule has 1 aromatic heterocycles. The van der Waals surface area contributed by atoms with E-state index in [0.717, 1.165) is 24.3 Å². The average molecular weight is 310 g/mol. The molecule has 4 rings (SSSR count). The summed E-state index contributed by atoms with van der Waals surface area (Å²) in [7, 11) is 0. The van der Waals surface area contributed by atoms with Crippen LogP contribution in [0, 0.1) is 18.3 Å². The van der Waals surface area contributed by atoms with Crippen LogP contribution < -0.4 is 5.43 Å². The maximum atomic E-state index is 12.7. The van der Waals surface area contributed by atoms with Crippen LogP contribution in [0.2, 0.25) is 0 Å². The van der Waals surface area contributed by atoms with E-state index in [2.05, 4.69) is 6.92 Å². The molecule has 0 spiro atoms. The molecule has 1 saturated carbocycles. The number of rotatable bonds is 3. The molecule has 0 bridgehead atoms. The molecule has 1 saturated heterocycles. The molecule has 1 aromatic carbocycles. The van der Waals surface area contributed by atoms with Gasteiger partial charge in [-0.05, 0) is 43.2 Å². The van der Waals surface area contributed by atoms with E-state index >= 15 is 0 Å². The lowest BCUT2D eigenvalue weighted by Crippen LogP contribution is -2.35. The van der Waals surface area contributed by atoms with Crippen molar-refractivity contribution in [3.8, 4) is 0 Å². The molecule has 0 radical (unpaired) electrons. The van der Waals surface area contributed by atoms with Crippen molar-refractivity contribution in [3.63, 3.8) is 0 Å². The lowest BCUT2D eigenvalue weighted by atomic mass is 10.0. The van der Waals surface area contributed by atoms with Crippen LogP contribution >= 0.6 is 0 Å². The Morgan fingerprint density at radius 3 is 2.87 bits per heavy atom. The summed E-state index contributed by atoms with van der Waals surface area (Å²) in [4.78, 5) is 26.9. The predicted octanol–water partition coefficient (Wildman–Crippen LogP) is 2.57. The van der Waals surface area contributed by atoms with Crippen LogP contribution in [0.5, 0.6) is 0 Å². The van der Waals surface area contributed by atoms with E-state index in [1.165, 1.54) is 12.8 Å². The zero-order valence-electron chi connectivity index (χ0n) is 13.7. The maximum absolute atomic E-state index is 12.7. The third kappa shape index (κ3) is 2.19. The highest BCUT2D eigenvalue weighted by molar-refractivity contribution is 5.83. The minimum Gasteiger partial charge on any atom is -0.340 e. The van der Waals surface area contributed by atoms with Crippen molar-refractivity contribution in [3.05, 3.63) is 46.2 Å². The Hall–Kier alpha value is -2.10. The maximum Gasteiger partial charge on any atom is 0.242 e. The largest absolute Gasteiger partial charge is 0.340 e. The van der Waals surface area contributed by atoms with E-state index in [0.29, 0.717) is 23.3 Å².